The Morgan fingerprint density at radius 2 is 1.32 bits per heavy atom. The summed E-state index contributed by atoms with van der Waals surface area (Å²) < 4.78 is 15.2. The van der Waals surface area contributed by atoms with E-state index in [1.54, 1.807) is 6.07 Å². The van der Waals surface area contributed by atoms with Crippen molar-refractivity contribution in [3.8, 4) is 11.8 Å². The molecule has 0 unspecified atom stereocenters. The van der Waals surface area contributed by atoms with Crippen molar-refractivity contribution in [3.05, 3.63) is 131 Å². The fraction of sp³-hybridized carbons (Fsp3) is 0.278. The van der Waals surface area contributed by atoms with Crippen LogP contribution in [0.25, 0.3) is 10.8 Å². The Kier molecular flexibility index (Phi) is 9.73. The normalized spacial score (nSPS) is 10.8. The number of benzene rings is 4. The van der Waals surface area contributed by atoms with Gasteiger partial charge in [-0.1, -0.05) is 105 Å². The maximum Gasteiger partial charge on any atom is 0.146 e. The third-order valence-corrected chi connectivity index (χ3v) is 7.00. The second kappa shape index (κ2) is 13.6. The summed E-state index contributed by atoms with van der Waals surface area (Å²) in [5.74, 6) is 5.90. The highest BCUT2D eigenvalue weighted by Crippen LogP contribution is 2.23. The molecule has 0 saturated carbocycles. The SMILES string of the molecule is C=CCCc1ccc(C#Cc2ccc3cc(CCc4ccc(CCCCCC)cc4)ccc3c2F)cc1. The van der Waals surface area contributed by atoms with Crippen molar-refractivity contribution >= 4 is 10.8 Å². The van der Waals surface area contributed by atoms with Crippen LogP contribution in [0.15, 0.2) is 91.5 Å². The first-order valence-corrected chi connectivity index (χ1v) is 13.7. The Labute approximate surface area is 222 Å². The minimum Gasteiger partial charge on any atom is -0.205 e. The van der Waals surface area contributed by atoms with Gasteiger partial charge in [-0.25, -0.2) is 4.39 Å². The van der Waals surface area contributed by atoms with Crippen molar-refractivity contribution in [2.24, 2.45) is 0 Å². The molecule has 37 heavy (non-hydrogen) atoms. The predicted octanol–water partition coefficient (Wildman–Crippen LogP) is 9.41. The zero-order valence-corrected chi connectivity index (χ0v) is 22.0. The first-order chi connectivity index (χ1) is 18.2. The van der Waals surface area contributed by atoms with Gasteiger partial charge in [0, 0.05) is 10.9 Å². The Balaban J connectivity index is 1.38. The van der Waals surface area contributed by atoms with E-state index in [4.69, 9.17) is 0 Å². The maximum absolute atomic E-state index is 15.2. The quantitative estimate of drug-likeness (QED) is 0.112. The second-order valence-electron chi connectivity index (χ2n) is 9.88. The summed E-state index contributed by atoms with van der Waals surface area (Å²) in [6.07, 6.45) is 12.2. The molecule has 1 heteroatoms. The first kappa shape index (κ1) is 26.4. The lowest BCUT2D eigenvalue weighted by molar-refractivity contribution is 0.636. The standard InChI is InChI=1S/C36H37F/c1-3-5-7-8-10-29-13-15-30(16-14-29)19-20-32-22-26-35-34(27-32)25-24-33(36(35)37)23-21-31-17-11-28(12-18-31)9-6-4-2/h4,11-18,22,24-27H,2-3,5-10,19-20H2,1H3. The predicted molar refractivity (Wildman–Crippen MR) is 157 cm³/mol. The van der Waals surface area contributed by atoms with E-state index in [0.29, 0.717) is 10.9 Å². The second-order valence-corrected chi connectivity index (χ2v) is 9.88. The van der Waals surface area contributed by atoms with Crippen molar-refractivity contribution < 1.29 is 4.39 Å². The van der Waals surface area contributed by atoms with Gasteiger partial charge in [0.2, 0.25) is 0 Å². The molecule has 4 rings (SSSR count). The molecule has 188 valence electrons. The van der Waals surface area contributed by atoms with Gasteiger partial charge in [0.15, 0.2) is 0 Å². The molecule has 0 nitrogen and oxygen atoms in total. The van der Waals surface area contributed by atoms with E-state index in [0.717, 1.165) is 36.6 Å². The largest absolute Gasteiger partial charge is 0.205 e. The van der Waals surface area contributed by atoms with Crippen molar-refractivity contribution in [2.45, 2.75) is 64.7 Å². The Morgan fingerprint density at radius 3 is 2.05 bits per heavy atom. The molecule has 0 radical (unpaired) electrons. The smallest absolute Gasteiger partial charge is 0.146 e. The van der Waals surface area contributed by atoms with Gasteiger partial charge in [0.05, 0.1) is 5.56 Å². The van der Waals surface area contributed by atoms with Gasteiger partial charge in [-0.3, -0.25) is 0 Å². The third kappa shape index (κ3) is 7.68. The topological polar surface area (TPSA) is 0 Å². The summed E-state index contributed by atoms with van der Waals surface area (Å²) in [6, 6.07) is 27.1. The maximum atomic E-state index is 15.2. The fourth-order valence-corrected chi connectivity index (χ4v) is 4.67. The van der Waals surface area contributed by atoms with Gasteiger partial charge >= 0.3 is 0 Å². The highest BCUT2D eigenvalue weighted by molar-refractivity contribution is 5.85. The molecular formula is C36H37F. The number of allylic oxidation sites excluding steroid dienone is 1. The summed E-state index contributed by atoms with van der Waals surface area (Å²) in [4.78, 5) is 0. The van der Waals surface area contributed by atoms with Crippen LogP contribution in [0.3, 0.4) is 0 Å². The number of halogens is 1. The number of fused-ring (bicyclic) bond motifs is 1. The van der Waals surface area contributed by atoms with Crippen LogP contribution in [0.4, 0.5) is 4.39 Å². The van der Waals surface area contributed by atoms with Crippen LogP contribution >= 0.6 is 0 Å². The molecule has 0 spiro atoms. The molecule has 4 aromatic rings. The molecule has 0 aliphatic rings. The van der Waals surface area contributed by atoms with Crippen LogP contribution in [0.1, 0.15) is 72.4 Å². The van der Waals surface area contributed by atoms with Crippen molar-refractivity contribution in [2.75, 3.05) is 0 Å². The minimum atomic E-state index is -0.242. The van der Waals surface area contributed by atoms with Gasteiger partial charge in [-0.05, 0) is 84.4 Å². The summed E-state index contributed by atoms with van der Waals surface area (Å²) in [7, 11) is 0. The fourth-order valence-electron chi connectivity index (χ4n) is 4.67. The molecule has 0 heterocycles. The number of hydrogen-bond donors (Lipinski definition) is 0. The zero-order chi connectivity index (χ0) is 25.9. The summed E-state index contributed by atoms with van der Waals surface area (Å²) in [6.45, 7) is 6.02. The highest BCUT2D eigenvalue weighted by atomic mass is 19.1. The Morgan fingerprint density at radius 1 is 0.676 bits per heavy atom. The molecule has 4 aromatic carbocycles. The lowest BCUT2D eigenvalue weighted by atomic mass is 9.98. The van der Waals surface area contributed by atoms with E-state index in [2.05, 4.69) is 67.8 Å². The third-order valence-electron chi connectivity index (χ3n) is 7.00. The van der Waals surface area contributed by atoms with E-state index < -0.39 is 0 Å². The highest BCUT2D eigenvalue weighted by Gasteiger charge is 2.07. The summed E-state index contributed by atoms with van der Waals surface area (Å²) in [5.41, 5.74) is 6.59. The number of rotatable bonds is 11. The van der Waals surface area contributed by atoms with Crippen LogP contribution < -0.4 is 0 Å². The van der Waals surface area contributed by atoms with E-state index in [1.807, 2.05) is 36.4 Å². The molecule has 0 aliphatic carbocycles. The van der Waals surface area contributed by atoms with E-state index in [-0.39, 0.29) is 5.82 Å². The average Bonchev–Trinajstić information content (AvgIpc) is 2.94. The lowest BCUT2D eigenvalue weighted by Crippen LogP contribution is -1.94. The van der Waals surface area contributed by atoms with Crippen LogP contribution in [0, 0.1) is 17.7 Å². The van der Waals surface area contributed by atoms with E-state index in [1.165, 1.54) is 54.4 Å². The number of unbranched alkanes of at least 4 members (excludes halogenated alkanes) is 3. The monoisotopic (exact) mass is 488 g/mol. The Bertz CT molecular complexity index is 1360. The van der Waals surface area contributed by atoms with Crippen molar-refractivity contribution in [3.63, 3.8) is 0 Å². The van der Waals surface area contributed by atoms with Gasteiger partial charge < -0.3 is 0 Å². The first-order valence-electron chi connectivity index (χ1n) is 13.7. The molecule has 0 bridgehead atoms. The number of hydrogen-bond acceptors (Lipinski definition) is 0. The molecular weight excluding hydrogens is 451 g/mol. The van der Waals surface area contributed by atoms with Crippen LogP contribution in [-0.2, 0) is 25.7 Å². The molecule has 0 amide bonds. The zero-order valence-electron chi connectivity index (χ0n) is 22.0. The molecule has 0 N–H and O–H groups in total. The van der Waals surface area contributed by atoms with Crippen LogP contribution in [-0.4, -0.2) is 0 Å². The molecule has 0 saturated heterocycles. The van der Waals surface area contributed by atoms with E-state index in [9.17, 15) is 0 Å². The molecule has 0 atom stereocenters. The minimum absolute atomic E-state index is 0.242. The molecule has 0 fully saturated rings. The Hall–Kier alpha value is -3.63. The number of aryl methyl sites for hydroxylation is 4. The lowest BCUT2D eigenvalue weighted by Gasteiger charge is -2.07. The molecule has 0 aromatic heterocycles. The van der Waals surface area contributed by atoms with Gasteiger partial charge in [-0.2, -0.15) is 0 Å². The van der Waals surface area contributed by atoms with Crippen LogP contribution in [0.5, 0.6) is 0 Å². The van der Waals surface area contributed by atoms with Crippen LogP contribution in [0.2, 0.25) is 0 Å². The van der Waals surface area contributed by atoms with Gasteiger partial charge in [0.1, 0.15) is 5.82 Å². The summed E-state index contributed by atoms with van der Waals surface area (Å²) in [5, 5.41) is 1.55. The van der Waals surface area contributed by atoms with Crippen molar-refractivity contribution in [1.82, 2.24) is 0 Å². The summed E-state index contributed by atoms with van der Waals surface area (Å²) >= 11 is 0. The molecule has 0 aliphatic heterocycles. The van der Waals surface area contributed by atoms with E-state index >= 15 is 4.39 Å². The van der Waals surface area contributed by atoms with Gasteiger partial charge in [0.25, 0.3) is 0 Å². The average molecular weight is 489 g/mol. The van der Waals surface area contributed by atoms with Gasteiger partial charge in [-0.15, -0.1) is 6.58 Å². The van der Waals surface area contributed by atoms with Crippen molar-refractivity contribution in [1.29, 1.82) is 0 Å².